The average molecular weight is 1810 g/mol. The summed E-state index contributed by atoms with van der Waals surface area (Å²) >= 11 is 0. The second-order valence-corrected chi connectivity index (χ2v) is 38.8. The van der Waals surface area contributed by atoms with Crippen molar-refractivity contribution in [3.8, 4) is 0 Å². The van der Waals surface area contributed by atoms with E-state index in [1.54, 1.807) is 0 Å². The minimum atomic E-state index is -4.81. The number of rotatable bonds is 18. The molecule has 0 bridgehead atoms. The minimum Gasteiger partial charge on any atom is -0.744 e. The van der Waals surface area contributed by atoms with Crippen LogP contribution in [0.2, 0.25) is 0 Å². The second kappa shape index (κ2) is 46.8. The molecule has 0 unspecified atom stereocenters. The van der Waals surface area contributed by atoms with Gasteiger partial charge in [-0.1, -0.05) is 54.6 Å². The summed E-state index contributed by atoms with van der Waals surface area (Å²) in [6.45, 7) is 0. The summed E-state index contributed by atoms with van der Waals surface area (Å²) in [5, 5.41) is 2.65. The van der Waals surface area contributed by atoms with Crippen LogP contribution < -0.4 is 314 Å². The average Bonchev–Trinajstić information content (AvgIpc) is 0.793. The van der Waals surface area contributed by atoms with Crippen molar-refractivity contribution >= 4 is 163 Å². The molecule has 0 aliphatic heterocycles. The van der Waals surface area contributed by atoms with Gasteiger partial charge in [-0.2, -0.15) is 0 Å². The fraction of sp³-hybridized carbons (Fsp3) is 0. The molecule has 9 aromatic rings. The topological polar surface area (TPSA) is 515 Å². The molecule has 0 aliphatic carbocycles. The number of hydrogen-bond donors (Lipinski definition) is 0. The van der Waals surface area contributed by atoms with Gasteiger partial charge in [0.25, 0.3) is 0 Å². The molecule has 0 radical (unpaired) electrons. The molecule has 0 saturated carbocycles. The first-order valence-corrected chi connectivity index (χ1v) is 42.2. The van der Waals surface area contributed by atoms with Crippen molar-refractivity contribution in [2.45, 2.75) is 44.1 Å². The number of benzene rings is 9. The molecule has 9 rings (SSSR count). The molecular weight excluding hydrogens is 1780 g/mol. The van der Waals surface area contributed by atoms with E-state index in [0.717, 1.165) is 109 Å². The van der Waals surface area contributed by atoms with Gasteiger partial charge in [0.2, 0.25) is 0 Å². The SMILES string of the molecule is O=S(=O)([O-])c1cccc([PH+](c2cccc(S(=O)(=O)[O-])c2)c2cccc(S(=O)(=O)[O-])c2)c1.O=S(=O)([O-])c1cccc([PH+](c2cccc(S(=O)(=O)[O-])c2)c2cccc(S(=O)(=O)[O-])c2)c1.O=S(=O)([O-])c1cccc([PH+](c2cccc(S(=O)(=O)[O-])c2)c2cccc(S(=O)(=O)[O-])c2)c1.[Na+].[Na+].[Na+].[Na+].[Na+].[Na+].[Na+].[Na+].[Na+].[Pd]. The summed E-state index contributed by atoms with van der Waals surface area (Å²) in [5.41, 5.74) is 0. The Labute approximate surface area is 813 Å². The van der Waals surface area contributed by atoms with E-state index in [9.17, 15) is 117 Å². The predicted octanol–water partition coefficient (Wildman–Crippen LogP) is -27.3. The quantitative estimate of drug-likeness (QED) is 0.0437. The Kier molecular flexibility index (Phi) is 51.0. The first-order chi connectivity index (χ1) is 42.8. The van der Waals surface area contributed by atoms with Crippen LogP contribution in [0.25, 0.3) is 0 Å². The van der Waals surface area contributed by atoms with Crippen molar-refractivity contribution in [1.82, 2.24) is 0 Å². The summed E-state index contributed by atoms with van der Waals surface area (Å²) < 4.78 is 310. The molecule has 27 nitrogen and oxygen atoms in total. The molecule has 0 atom stereocenters. The van der Waals surface area contributed by atoms with Crippen LogP contribution in [0, 0.1) is 0 Å². The van der Waals surface area contributed by atoms with Crippen LogP contribution in [-0.2, 0) is 111 Å². The third-order valence-corrected chi connectivity index (χ3v) is 28.2. The minimum absolute atomic E-state index is 0. The van der Waals surface area contributed by atoms with Gasteiger partial charge in [-0.3, -0.25) is 0 Å². The zero-order valence-corrected chi connectivity index (χ0v) is 85.2. The molecule has 0 heterocycles. The maximum Gasteiger partial charge on any atom is 1.00 e. The van der Waals surface area contributed by atoms with Gasteiger partial charge in [-0.05, 0) is 164 Å². The van der Waals surface area contributed by atoms with E-state index in [4.69, 9.17) is 0 Å². The molecule has 0 fully saturated rings. The van der Waals surface area contributed by atoms with Crippen LogP contribution in [0.1, 0.15) is 0 Å². The molecule has 0 N–H and O–H groups in total. The summed E-state index contributed by atoms with van der Waals surface area (Å²) in [5.74, 6) is 0. The Morgan fingerprint density at radius 3 is 0.311 bits per heavy atom. The molecule has 0 saturated heterocycles. The first-order valence-electron chi connectivity index (χ1n) is 25.0. The Morgan fingerprint density at radius 2 is 0.243 bits per heavy atom. The molecular formula is C54H39Na9O27P3PdS9+3. The zero-order chi connectivity index (χ0) is 69.1. The van der Waals surface area contributed by atoms with Gasteiger partial charge < -0.3 is 41.0 Å². The molecule has 0 amide bonds. The van der Waals surface area contributed by atoms with Crippen LogP contribution in [0.15, 0.2) is 262 Å². The maximum absolute atomic E-state index is 11.5. The monoisotopic (exact) mass is 1810 g/mol. The standard InChI is InChI=1S/3C18H15O9PS3.9Na.Pd/c3*19-29(20,21)16-7-1-4-13(10-16)28(14-5-2-8-17(11-14)30(22,23)24)15-6-3-9-18(12-15)31(25,26)27;;;;;;;;;;/h3*1-12H,(H,19,20,21)(H,22,23,24)(H,25,26,27);;;;;;;;;;/q;;;9*+1;/p-6. The molecule has 0 spiro atoms. The van der Waals surface area contributed by atoms with E-state index >= 15 is 0 Å². The molecule has 49 heteroatoms. The van der Waals surface area contributed by atoms with Gasteiger partial charge in [-0.25, -0.2) is 75.8 Å². The fourth-order valence-corrected chi connectivity index (χ4v) is 22.4. The second-order valence-electron chi connectivity index (χ2n) is 19.0. The van der Waals surface area contributed by atoms with Crippen molar-refractivity contribution in [2.75, 3.05) is 0 Å². The van der Waals surface area contributed by atoms with E-state index in [0.29, 0.717) is 47.7 Å². The van der Waals surface area contributed by atoms with Crippen molar-refractivity contribution in [1.29, 1.82) is 0 Å². The summed E-state index contributed by atoms with van der Waals surface area (Å²) in [4.78, 5) is -4.81. The van der Waals surface area contributed by atoms with Gasteiger partial charge in [0, 0.05) is 20.4 Å². The van der Waals surface area contributed by atoms with Gasteiger partial charge in [0.15, 0.2) is 0 Å². The van der Waals surface area contributed by atoms with Crippen LogP contribution >= 0.6 is 23.8 Å². The van der Waals surface area contributed by atoms with E-state index in [-0.39, 0.29) is 286 Å². The third kappa shape index (κ3) is 33.3. The molecule has 502 valence electrons. The van der Waals surface area contributed by atoms with Gasteiger partial charge in [0.05, 0.1) is 67.8 Å². The van der Waals surface area contributed by atoms with Crippen LogP contribution in [-0.4, -0.2) is 117 Å². The van der Waals surface area contributed by atoms with Gasteiger partial charge >= 0.3 is 266 Å². The molecule has 103 heavy (non-hydrogen) atoms. The van der Waals surface area contributed by atoms with Gasteiger partial charge in [0.1, 0.15) is 139 Å². The molecule has 9 aromatic carbocycles. The summed E-state index contributed by atoms with van der Waals surface area (Å²) in [6, 6.07) is 44.9. The largest absolute Gasteiger partial charge is 1.00 e. The Morgan fingerprint density at radius 1 is 0.165 bits per heavy atom. The van der Waals surface area contributed by atoms with Crippen molar-refractivity contribution in [3.05, 3.63) is 218 Å². The van der Waals surface area contributed by atoms with E-state index < -0.39 is 159 Å². The van der Waals surface area contributed by atoms with E-state index in [1.165, 1.54) is 109 Å². The van der Waals surface area contributed by atoms with Gasteiger partial charge in [-0.15, -0.1) is 0 Å². The van der Waals surface area contributed by atoms with Crippen LogP contribution in [0.4, 0.5) is 0 Å². The summed E-state index contributed by atoms with van der Waals surface area (Å²) in [7, 11) is -50.3. The molecule has 0 aromatic heterocycles. The summed E-state index contributed by atoms with van der Waals surface area (Å²) in [6.07, 6.45) is 0. The van der Waals surface area contributed by atoms with E-state index in [2.05, 4.69) is 0 Å². The van der Waals surface area contributed by atoms with Crippen molar-refractivity contribution in [3.63, 3.8) is 0 Å². The van der Waals surface area contributed by atoms with Crippen molar-refractivity contribution in [2.24, 2.45) is 0 Å². The first kappa shape index (κ1) is 112. The van der Waals surface area contributed by atoms with Crippen LogP contribution in [0.5, 0.6) is 0 Å². The normalized spacial score (nSPS) is 11.5. The Bertz CT molecular complexity index is 4450. The number of hydrogen-bond acceptors (Lipinski definition) is 27. The Hall–Kier alpha value is 3.12. The maximum atomic E-state index is 11.5. The Balaban J connectivity index is -0.000000681. The van der Waals surface area contributed by atoms with Crippen LogP contribution in [0.3, 0.4) is 0 Å². The van der Waals surface area contributed by atoms with Crippen molar-refractivity contribution < 1.29 is 403 Å². The zero-order valence-electron chi connectivity index (χ0n) is 55.3. The fourth-order valence-electron chi connectivity index (χ4n) is 8.76. The predicted molar refractivity (Wildman–Crippen MR) is 331 cm³/mol. The molecule has 0 aliphatic rings. The third-order valence-electron chi connectivity index (χ3n) is 12.7. The smallest absolute Gasteiger partial charge is 0.744 e. The van der Waals surface area contributed by atoms with E-state index in [1.807, 2.05) is 0 Å².